The minimum absolute atomic E-state index is 0.0180. The Morgan fingerprint density at radius 2 is 2.10 bits per heavy atom. The molecule has 0 radical (unpaired) electrons. The average Bonchev–Trinajstić information content (AvgIpc) is 2.79. The van der Waals surface area contributed by atoms with E-state index in [9.17, 15) is 18.0 Å². The second-order valence-corrected chi connectivity index (χ2v) is 5.79. The third kappa shape index (κ3) is 3.33. The lowest BCUT2D eigenvalue weighted by molar-refractivity contribution is -0.184. The molecular formula is C14H20F3N3O. The summed E-state index contributed by atoms with van der Waals surface area (Å²) in [5.74, 6) is -1.82. The Morgan fingerprint density at radius 3 is 2.67 bits per heavy atom. The molecule has 1 amide bonds. The molecule has 1 aromatic rings. The Bertz CT molecular complexity index is 522. The van der Waals surface area contributed by atoms with E-state index in [2.05, 4.69) is 0 Å². The Hall–Kier alpha value is -1.66. The molecule has 1 atom stereocenters. The van der Waals surface area contributed by atoms with Crippen LogP contribution in [0.1, 0.15) is 43.2 Å². The van der Waals surface area contributed by atoms with Gasteiger partial charge in [-0.2, -0.15) is 13.2 Å². The zero-order valence-electron chi connectivity index (χ0n) is 12.2. The van der Waals surface area contributed by atoms with Crippen molar-refractivity contribution in [2.45, 2.75) is 38.9 Å². The molecule has 118 valence electrons. The number of hydrogen-bond acceptors (Lipinski definition) is 2. The predicted octanol–water partition coefficient (Wildman–Crippen LogP) is 3.07. The van der Waals surface area contributed by atoms with Gasteiger partial charge in [0.25, 0.3) is 5.91 Å². The summed E-state index contributed by atoms with van der Waals surface area (Å²) in [6, 6.07) is 1.55. The SMILES string of the molecule is CC(C)n1cc(N)cc1C(=O)N1CCCC(C(F)(F)F)C1. The minimum atomic E-state index is -4.25. The maximum atomic E-state index is 12.8. The largest absolute Gasteiger partial charge is 0.397 e. The van der Waals surface area contributed by atoms with E-state index in [0.717, 1.165) is 0 Å². The number of aromatic nitrogens is 1. The summed E-state index contributed by atoms with van der Waals surface area (Å²) in [5.41, 5.74) is 6.50. The van der Waals surface area contributed by atoms with Crippen molar-refractivity contribution in [3.63, 3.8) is 0 Å². The van der Waals surface area contributed by atoms with Gasteiger partial charge in [-0.1, -0.05) is 0 Å². The smallest absolute Gasteiger partial charge is 0.393 e. The van der Waals surface area contributed by atoms with E-state index >= 15 is 0 Å². The van der Waals surface area contributed by atoms with E-state index in [1.54, 1.807) is 10.8 Å². The lowest BCUT2D eigenvalue weighted by Gasteiger charge is -2.34. The molecule has 2 rings (SSSR count). The molecule has 2 heterocycles. The number of amides is 1. The summed E-state index contributed by atoms with van der Waals surface area (Å²) >= 11 is 0. The van der Waals surface area contributed by atoms with Gasteiger partial charge in [0, 0.05) is 25.3 Å². The highest BCUT2D eigenvalue weighted by Crippen LogP contribution is 2.33. The van der Waals surface area contributed by atoms with Crippen LogP contribution in [0.2, 0.25) is 0 Å². The highest BCUT2D eigenvalue weighted by molar-refractivity contribution is 5.94. The molecule has 1 saturated heterocycles. The van der Waals surface area contributed by atoms with Gasteiger partial charge in [0.05, 0.1) is 11.6 Å². The second-order valence-electron chi connectivity index (χ2n) is 5.79. The fourth-order valence-electron chi connectivity index (χ4n) is 2.69. The van der Waals surface area contributed by atoms with Gasteiger partial charge in [-0.15, -0.1) is 0 Å². The Kier molecular flexibility index (Phi) is 4.20. The van der Waals surface area contributed by atoms with E-state index in [4.69, 9.17) is 5.73 Å². The molecule has 1 aromatic heterocycles. The first-order valence-corrected chi connectivity index (χ1v) is 7.03. The van der Waals surface area contributed by atoms with Crippen LogP contribution in [0.15, 0.2) is 12.3 Å². The van der Waals surface area contributed by atoms with Gasteiger partial charge in [0.15, 0.2) is 0 Å². The summed E-state index contributed by atoms with van der Waals surface area (Å²) in [6.07, 6.45) is -2.16. The number of nitrogens with zero attached hydrogens (tertiary/aromatic N) is 2. The molecule has 0 saturated carbocycles. The standard InChI is InChI=1S/C14H20F3N3O/c1-9(2)20-8-11(18)6-12(20)13(21)19-5-3-4-10(7-19)14(15,16)17/h6,8-10H,3-5,7,18H2,1-2H3. The number of piperidine rings is 1. The molecule has 4 nitrogen and oxygen atoms in total. The highest BCUT2D eigenvalue weighted by atomic mass is 19.4. The first-order valence-electron chi connectivity index (χ1n) is 7.03. The predicted molar refractivity (Wildman–Crippen MR) is 73.9 cm³/mol. The van der Waals surface area contributed by atoms with Gasteiger partial charge in [0.2, 0.25) is 0 Å². The van der Waals surface area contributed by atoms with Gasteiger partial charge in [-0.05, 0) is 32.8 Å². The highest BCUT2D eigenvalue weighted by Gasteiger charge is 2.43. The molecule has 0 aliphatic carbocycles. The summed E-state index contributed by atoms with van der Waals surface area (Å²) in [5, 5.41) is 0. The lowest BCUT2D eigenvalue weighted by atomic mass is 9.97. The summed E-state index contributed by atoms with van der Waals surface area (Å²) in [4.78, 5) is 13.8. The van der Waals surface area contributed by atoms with Crippen LogP contribution in [-0.2, 0) is 0 Å². The van der Waals surface area contributed by atoms with Crippen molar-refractivity contribution >= 4 is 11.6 Å². The van der Waals surface area contributed by atoms with Gasteiger partial charge in [-0.3, -0.25) is 4.79 Å². The third-order valence-electron chi connectivity index (χ3n) is 3.82. The van der Waals surface area contributed by atoms with Crippen molar-refractivity contribution in [1.82, 2.24) is 9.47 Å². The number of carbonyl (C=O) groups excluding carboxylic acids is 1. The van der Waals surface area contributed by atoms with E-state index in [1.165, 1.54) is 11.0 Å². The maximum Gasteiger partial charge on any atom is 0.393 e. The van der Waals surface area contributed by atoms with Crippen molar-refractivity contribution < 1.29 is 18.0 Å². The number of halogens is 3. The number of hydrogen-bond donors (Lipinski definition) is 1. The first kappa shape index (κ1) is 15.7. The van der Waals surface area contributed by atoms with Gasteiger partial charge in [-0.25, -0.2) is 0 Å². The zero-order valence-corrected chi connectivity index (χ0v) is 12.2. The maximum absolute atomic E-state index is 12.8. The minimum Gasteiger partial charge on any atom is -0.397 e. The Balaban J connectivity index is 2.20. The molecule has 1 unspecified atom stereocenters. The number of alkyl halides is 3. The van der Waals surface area contributed by atoms with Crippen LogP contribution >= 0.6 is 0 Å². The third-order valence-corrected chi connectivity index (χ3v) is 3.82. The van der Waals surface area contributed by atoms with Crippen LogP contribution in [0.5, 0.6) is 0 Å². The molecule has 2 N–H and O–H groups in total. The number of anilines is 1. The van der Waals surface area contributed by atoms with Crippen molar-refractivity contribution in [2.24, 2.45) is 5.92 Å². The molecule has 7 heteroatoms. The van der Waals surface area contributed by atoms with Crippen molar-refractivity contribution in [3.05, 3.63) is 18.0 Å². The topological polar surface area (TPSA) is 51.3 Å². The summed E-state index contributed by atoms with van der Waals surface area (Å²) in [7, 11) is 0. The monoisotopic (exact) mass is 303 g/mol. The number of nitrogens with two attached hydrogens (primary N) is 1. The fraction of sp³-hybridized carbons (Fsp3) is 0.643. The van der Waals surface area contributed by atoms with Crippen molar-refractivity contribution in [2.75, 3.05) is 18.8 Å². The van der Waals surface area contributed by atoms with Crippen LogP contribution in [0.25, 0.3) is 0 Å². The Labute approximate surface area is 121 Å². The van der Waals surface area contributed by atoms with Gasteiger partial charge in [0.1, 0.15) is 5.69 Å². The van der Waals surface area contributed by atoms with Crippen LogP contribution in [0.3, 0.4) is 0 Å². The molecule has 21 heavy (non-hydrogen) atoms. The van der Waals surface area contributed by atoms with Crippen LogP contribution in [0.4, 0.5) is 18.9 Å². The van der Waals surface area contributed by atoms with Crippen LogP contribution < -0.4 is 5.73 Å². The molecule has 0 aromatic carbocycles. The van der Waals surface area contributed by atoms with Crippen molar-refractivity contribution in [1.29, 1.82) is 0 Å². The molecule has 0 bridgehead atoms. The van der Waals surface area contributed by atoms with E-state index in [-0.39, 0.29) is 24.9 Å². The average molecular weight is 303 g/mol. The quantitative estimate of drug-likeness (QED) is 0.913. The molecule has 1 aliphatic rings. The summed E-state index contributed by atoms with van der Waals surface area (Å²) < 4.78 is 40.2. The molecule has 1 aliphatic heterocycles. The number of nitrogen functional groups attached to an aromatic ring is 1. The van der Waals surface area contributed by atoms with Gasteiger partial charge >= 0.3 is 6.18 Å². The van der Waals surface area contributed by atoms with Crippen LogP contribution in [-0.4, -0.2) is 34.6 Å². The van der Waals surface area contributed by atoms with Gasteiger partial charge < -0.3 is 15.2 Å². The van der Waals surface area contributed by atoms with E-state index < -0.39 is 12.1 Å². The number of rotatable bonds is 2. The molecular weight excluding hydrogens is 283 g/mol. The first-order chi connectivity index (χ1) is 9.70. The Morgan fingerprint density at radius 1 is 1.43 bits per heavy atom. The fourth-order valence-corrected chi connectivity index (χ4v) is 2.69. The second kappa shape index (κ2) is 5.61. The number of likely N-dealkylation sites (tertiary alicyclic amines) is 1. The molecule has 1 fully saturated rings. The molecule has 0 spiro atoms. The number of carbonyl (C=O) groups is 1. The van der Waals surface area contributed by atoms with Crippen LogP contribution in [0, 0.1) is 5.92 Å². The summed E-state index contributed by atoms with van der Waals surface area (Å²) in [6.45, 7) is 3.87. The lowest BCUT2D eigenvalue weighted by Crippen LogP contribution is -2.45. The zero-order chi connectivity index (χ0) is 15.8. The van der Waals surface area contributed by atoms with E-state index in [0.29, 0.717) is 24.3 Å². The normalized spacial score (nSPS) is 20.1. The van der Waals surface area contributed by atoms with E-state index in [1.807, 2.05) is 13.8 Å². The van der Waals surface area contributed by atoms with Crippen molar-refractivity contribution in [3.8, 4) is 0 Å².